The molecule has 84 valence electrons. The van der Waals surface area contributed by atoms with E-state index in [0.717, 1.165) is 13.1 Å². The Bertz CT molecular complexity index is 286. The van der Waals surface area contributed by atoms with Crippen LogP contribution >= 0.6 is 15.9 Å². The number of alkyl halides is 1. The average Bonchev–Trinajstić information content (AvgIpc) is 2.24. The van der Waals surface area contributed by atoms with E-state index in [4.69, 9.17) is 0 Å². The Morgan fingerprint density at radius 2 is 2.20 bits per heavy atom. The fraction of sp³-hybridized carbons (Fsp3) is 0.538. The number of benzene rings is 1. The summed E-state index contributed by atoms with van der Waals surface area (Å²) in [5.74, 6) is 0. The molecule has 0 fully saturated rings. The van der Waals surface area contributed by atoms with E-state index in [1.807, 2.05) is 0 Å². The van der Waals surface area contributed by atoms with Crippen molar-refractivity contribution in [3.8, 4) is 0 Å². The molecule has 2 heteroatoms. The minimum atomic E-state index is 0.655. The predicted octanol–water partition coefficient (Wildman–Crippen LogP) is 3.65. The molecule has 1 rings (SSSR count). The first-order valence-electron chi connectivity index (χ1n) is 5.62. The smallest absolute Gasteiger partial charge is 0.0205 e. The van der Waals surface area contributed by atoms with Gasteiger partial charge < -0.3 is 5.32 Å². The molecule has 1 unspecified atom stereocenters. The standard InChI is InChI=1S/C13H20BrN/c1-3-13(14)7-8-15-10-12-6-4-5-11(2)9-12/h4-6,9,13,15H,3,7-8,10H2,1-2H3. The van der Waals surface area contributed by atoms with Crippen LogP contribution in [-0.4, -0.2) is 11.4 Å². The van der Waals surface area contributed by atoms with Crippen LogP contribution in [0.15, 0.2) is 24.3 Å². The van der Waals surface area contributed by atoms with Gasteiger partial charge in [0.15, 0.2) is 0 Å². The van der Waals surface area contributed by atoms with Gasteiger partial charge in [-0.2, -0.15) is 0 Å². The van der Waals surface area contributed by atoms with Gasteiger partial charge in [0, 0.05) is 11.4 Å². The number of nitrogens with one attached hydrogen (secondary N) is 1. The number of aryl methyl sites for hydroxylation is 1. The number of rotatable bonds is 6. The highest BCUT2D eigenvalue weighted by molar-refractivity contribution is 9.09. The summed E-state index contributed by atoms with van der Waals surface area (Å²) >= 11 is 3.63. The average molecular weight is 270 g/mol. The van der Waals surface area contributed by atoms with Gasteiger partial charge in [-0.25, -0.2) is 0 Å². The fourth-order valence-electron chi connectivity index (χ4n) is 1.52. The van der Waals surface area contributed by atoms with Crippen molar-refractivity contribution in [3.05, 3.63) is 35.4 Å². The summed E-state index contributed by atoms with van der Waals surface area (Å²) < 4.78 is 0. The van der Waals surface area contributed by atoms with Crippen LogP contribution in [0.4, 0.5) is 0 Å². The van der Waals surface area contributed by atoms with E-state index in [2.05, 4.69) is 59.4 Å². The lowest BCUT2D eigenvalue weighted by atomic mass is 10.1. The first kappa shape index (κ1) is 12.7. The SMILES string of the molecule is CCC(Br)CCNCc1cccc(C)c1. The van der Waals surface area contributed by atoms with Crippen LogP contribution in [0.3, 0.4) is 0 Å². The maximum Gasteiger partial charge on any atom is 0.0205 e. The third kappa shape index (κ3) is 5.33. The third-order valence-electron chi connectivity index (χ3n) is 2.49. The molecule has 1 atom stereocenters. The van der Waals surface area contributed by atoms with E-state index >= 15 is 0 Å². The van der Waals surface area contributed by atoms with Gasteiger partial charge in [0.2, 0.25) is 0 Å². The van der Waals surface area contributed by atoms with Crippen LogP contribution < -0.4 is 5.32 Å². The van der Waals surface area contributed by atoms with Crippen molar-refractivity contribution in [3.63, 3.8) is 0 Å². The zero-order valence-corrected chi connectivity index (χ0v) is 11.2. The molecule has 0 aromatic heterocycles. The van der Waals surface area contributed by atoms with Gasteiger partial charge in [-0.15, -0.1) is 0 Å². The van der Waals surface area contributed by atoms with E-state index in [1.54, 1.807) is 0 Å². The Kier molecular flexibility index (Phi) is 5.96. The van der Waals surface area contributed by atoms with E-state index in [9.17, 15) is 0 Å². The minimum absolute atomic E-state index is 0.655. The van der Waals surface area contributed by atoms with Crippen molar-refractivity contribution in [2.45, 2.75) is 38.1 Å². The van der Waals surface area contributed by atoms with E-state index in [0.29, 0.717) is 4.83 Å². The Hall–Kier alpha value is -0.340. The lowest BCUT2D eigenvalue weighted by Gasteiger charge is -2.08. The molecule has 0 aliphatic carbocycles. The molecule has 0 radical (unpaired) electrons. The molecule has 0 spiro atoms. The molecule has 15 heavy (non-hydrogen) atoms. The molecular formula is C13H20BrN. The summed E-state index contributed by atoms with van der Waals surface area (Å²) in [6, 6.07) is 8.66. The highest BCUT2D eigenvalue weighted by atomic mass is 79.9. The summed E-state index contributed by atoms with van der Waals surface area (Å²) in [4.78, 5) is 0.655. The summed E-state index contributed by atoms with van der Waals surface area (Å²) in [5, 5.41) is 3.46. The Balaban J connectivity index is 2.20. The predicted molar refractivity (Wildman–Crippen MR) is 70.5 cm³/mol. The Morgan fingerprint density at radius 3 is 2.87 bits per heavy atom. The molecule has 1 aromatic rings. The first-order valence-corrected chi connectivity index (χ1v) is 6.54. The van der Waals surface area contributed by atoms with Gasteiger partial charge in [0.05, 0.1) is 0 Å². The van der Waals surface area contributed by atoms with Crippen LogP contribution in [0.2, 0.25) is 0 Å². The number of hydrogen-bond acceptors (Lipinski definition) is 1. The van der Waals surface area contributed by atoms with Gasteiger partial charge in [-0.1, -0.05) is 52.7 Å². The molecule has 0 aliphatic rings. The Morgan fingerprint density at radius 1 is 1.40 bits per heavy atom. The van der Waals surface area contributed by atoms with Gasteiger partial charge in [-0.3, -0.25) is 0 Å². The van der Waals surface area contributed by atoms with Gasteiger partial charge in [0.25, 0.3) is 0 Å². The lowest BCUT2D eigenvalue weighted by molar-refractivity contribution is 0.630. The van der Waals surface area contributed by atoms with Gasteiger partial charge in [-0.05, 0) is 31.9 Å². The second-order valence-corrected chi connectivity index (χ2v) is 5.25. The second kappa shape index (κ2) is 7.02. The molecule has 0 heterocycles. The molecular weight excluding hydrogens is 250 g/mol. The third-order valence-corrected chi connectivity index (χ3v) is 3.59. The van der Waals surface area contributed by atoms with Crippen molar-refractivity contribution in [2.24, 2.45) is 0 Å². The second-order valence-electron chi connectivity index (χ2n) is 3.96. The normalized spacial score (nSPS) is 12.7. The molecule has 0 aliphatic heterocycles. The monoisotopic (exact) mass is 269 g/mol. The molecule has 0 saturated heterocycles. The quantitative estimate of drug-likeness (QED) is 0.614. The summed E-state index contributed by atoms with van der Waals surface area (Å²) in [6.45, 7) is 6.40. The largest absolute Gasteiger partial charge is 0.313 e. The summed E-state index contributed by atoms with van der Waals surface area (Å²) in [5.41, 5.74) is 2.71. The summed E-state index contributed by atoms with van der Waals surface area (Å²) in [6.07, 6.45) is 2.40. The van der Waals surface area contributed by atoms with Crippen molar-refractivity contribution >= 4 is 15.9 Å². The van der Waals surface area contributed by atoms with Crippen LogP contribution in [0, 0.1) is 6.92 Å². The molecule has 1 N–H and O–H groups in total. The summed E-state index contributed by atoms with van der Waals surface area (Å²) in [7, 11) is 0. The van der Waals surface area contributed by atoms with Crippen molar-refractivity contribution in [1.29, 1.82) is 0 Å². The highest BCUT2D eigenvalue weighted by Crippen LogP contribution is 2.08. The number of halogens is 1. The lowest BCUT2D eigenvalue weighted by Crippen LogP contribution is -2.17. The fourth-order valence-corrected chi connectivity index (χ4v) is 1.75. The van der Waals surface area contributed by atoms with Crippen LogP contribution in [-0.2, 0) is 6.54 Å². The maximum atomic E-state index is 3.63. The van der Waals surface area contributed by atoms with Crippen LogP contribution in [0.1, 0.15) is 30.9 Å². The molecule has 1 nitrogen and oxygen atoms in total. The van der Waals surface area contributed by atoms with E-state index in [-0.39, 0.29) is 0 Å². The molecule has 0 bridgehead atoms. The van der Waals surface area contributed by atoms with Crippen LogP contribution in [0.25, 0.3) is 0 Å². The van der Waals surface area contributed by atoms with Crippen molar-refractivity contribution in [1.82, 2.24) is 5.32 Å². The zero-order valence-electron chi connectivity index (χ0n) is 9.59. The topological polar surface area (TPSA) is 12.0 Å². The highest BCUT2D eigenvalue weighted by Gasteiger charge is 1.99. The maximum absolute atomic E-state index is 3.63. The molecule has 1 aromatic carbocycles. The van der Waals surface area contributed by atoms with E-state index in [1.165, 1.54) is 24.0 Å². The minimum Gasteiger partial charge on any atom is -0.313 e. The van der Waals surface area contributed by atoms with Crippen molar-refractivity contribution in [2.75, 3.05) is 6.54 Å². The molecule has 0 amide bonds. The Labute approximate surface area is 101 Å². The first-order chi connectivity index (χ1) is 7.22. The van der Waals surface area contributed by atoms with E-state index < -0.39 is 0 Å². The van der Waals surface area contributed by atoms with Crippen molar-refractivity contribution < 1.29 is 0 Å². The molecule has 0 saturated carbocycles. The van der Waals surface area contributed by atoms with Gasteiger partial charge in [0.1, 0.15) is 0 Å². The zero-order chi connectivity index (χ0) is 11.1. The number of hydrogen-bond donors (Lipinski definition) is 1. The van der Waals surface area contributed by atoms with Crippen LogP contribution in [0.5, 0.6) is 0 Å². The van der Waals surface area contributed by atoms with Gasteiger partial charge >= 0.3 is 0 Å².